The number of epoxide rings is 1. The third-order valence-electron chi connectivity index (χ3n) is 4.80. The number of amides is 1. The molecule has 0 aromatic heterocycles. The summed E-state index contributed by atoms with van der Waals surface area (Å²) in [7, 11) is 0. The maximum atomic E-state index is 12.2. The quantitative estimate of drug-likeness (QED) is 0.726. The van der Waals surface area contributed by atoms with E-state index in [1.54, 1.807) is 6.92 Å². The molecule has 1 amide bonds. The fraction of sp³-hybridized carbons (Fsp3) is 0.846. The van der Waals surface area contributed by atoms with Crippen molar-refractivity contribution in [2.75, 3.05) is 6.61 Å². The Balaban J connectivity index is 1.62. The van der Waals surface area contributed by atoms with Gasteiger partial charge in [-0.1, -0.05) is 6.42 Å². The van der Waals surface area contributed by atoms with Crippen LogP contribution in [0.2, 0.25) is 0 Å². The highest BCUT2D eigenvalue weighted by molar-refractivity contribution is 5.95. The normalized spacial score (nSPS) is 41.9. The van der Waals surface area contributed by atoms with Crippen LogP contribution in [0, 0.1) is 17.8 Å². The first kappa shape index (κ1) is 12.0. The van der Waals surface area contributed by atoms with Crippen molar-refractivity contribution in [2.45, 2.75) is 44.2 Å². The van der Waals surface area contributed by atoms with E-state index in [1.807, 2.05) is 0 Å². The lowest BCUT2D eigenvalue weighted by molar-refractivity contribution is -0.125. The van der Waals surface area contributed by atoms with Gasteiger partial charge in [0.05, 0.1) is 12.6 Å². The minimum atomic E-state index is -1.12. The van der Waals surface area contributed by atoms with E-state index in [2.05, 4.69) is 5.32 Å². The van der Waals surface area contributed by atoms with Gasteiger partial charge in [-0.3, -0.25) is 4.79 Å². The molecule has 18 heavy (non-hydrogen) atoms. The van der Waals surface area contributed by atoms with Gasteiger partial charge in [0, 0.05) is 0 Å². The molecule has 0 radical (unpaired) electrons. The van der Waals surface area contributed by atoms with Gasteiger partial charge in [-0.05, 0) is 43.9 Å². The topological polar surface area (TPSA) is 78.9 Å². The summed E-state index contributed by atoms with van der Waals surface area (Å²) in [6.45, 7) is 2.15. The number of carbonyl (C=O) groups excluding carboxylic acids is 1. The smallest absolute Gasteiger partial charge is 0.405 e. The van der Waals surface area contributed by atoms with Gasteiger partial charge in [0.25, 0.3) is 0 Å². The Kier molecular flexibility index (Phi) is 2.62. The van der Waals surface area contributed by atoms with Gasteiger partial charge in [-0.2, -0.15) is 0 Å². The molecule has 1 aliphatic heterocycles. The molecule has 0 aromatic carbocycles. The lowest BCUT2D eigenvalue weighted by Crippen LogP contribution is -2.46. The van der Waals surface area contributed by atoms with Crippen LogP contribution in [0.3, 0.4) is 0 Å². The molecule has 5 heteroatoms. The first-order valence-electron chi connectivity index (χ1n) is 6.69. The van der Waals surface area contributed by atoms with Crippen LogP contribution in [0.4, 0.5) is 4.79 Å². The van der Waals surface area contributed by atoms with Crippen molar-refractivity contribution in [3.63, 3.8) is 0 Å². The number of hydrogen-bond donors (Lipinski definition) is 2. The van der Waals surface area contributed by atoms with Gasteiger partial charge >= 0.3 is 6.09 Å². The summed E-state index contributed by atoms with van der Waals surface area (Å²) in [6.07, 6.45) is 3.31. The fourth-order valence-corrected chi connectivity index (χ4v) is 3.59. The summed E-state index contributed by atoms with van der Waals surface area (Å²) in [6, 6.07) is -0.592. The Hall–Kier alpha value is -1.10. The van der Waals surface area contributed by atoms with E-state index in [0.717, 1.165) is 11.8 Å². The van der Waals surface area contributed by atoms with Crippen LogP contribution in [-0.4, -0.2) is 35.2 Å². The molecule has 2 aliphatic carbocycles. The Morgan fingerprint density at radius 1 is 1.44 bits per heavy atom. The van der Waals surface area contributed by atoms with Crippen molar-refractivity contribution in [2.24, 2.45) is 17.8 Å². The van der Waals surface area contributed by atoms with Crippen LogP contribution in [-0.2, 0) is 9.53 Å². The molecule has 3 aliphatic rings. The number of fused-ring (bicyclic) bond motifs is 1. The second-order valence-corrected chi connectivity index (χ2v) is 6.04. The van der Waals surface area contributed by atoms with Crippen LogP contribution in [0.1, 0.15) is 32.6 Å². The average Bonchev–Trinajstić information content (AvgIpc) is 3.14. The van der Waals surface area contributed by atoms with Gasteiger partial charge in [-0.25, -0.2) is 4.79 Å². The third-order valence-corrected chi connectivity index (χ3v) is 4.80. The zero-order valence-electron chi connectivity index (χ0n) is 10.5. The maximum absolute atomic E-state index is 12.2. The van der Waals surface area contributed by atoms with Crippen molar-refractivity contribution in [1.82, 2.24) is 5.32 Å². The minimum Gasteiger partial charge on any atom is -0.465 e. The molecule has 2 N–H and O–H groups in total. The van der Waals surface area contributed by atoms with Crippen LogP contribution < -0.4 is 5.32 Å². The number of carboxylic acid groups (broad SMARTS) is 1. The second-order valence-electron chi connectivity index (χ2n) is 6.04. The molecular weight excluding hydrogens is 234 g/mol. The largest absolute Gasteiger partial charge is 0.465 e. The molecule has 1 heterocycles. The molecule has 5 nitrogen and oxygen atoms in total. The second kappa shape index (κ2) is 3.95. The van der Waals surface area contributed by atoms with E-state index >= 15 is 0 Å². The molecule has 3 rings (SSSR count). The highest BCUT2D eigenvalue weighted by Gasteiger charge is 2.56. The molecule has 5 atom stereocenters. The Morgan fingerprint density at radius 2 is 2.06 bits per heavy atom. The standard InChI is InChI=1S/C13H19NO4/c1-13(6-18-13)11(15)10(14-12(16)17)5-9-7-3-2-4-8(7)9/h7-10,14H,2-6H2,1H3,(H,16,17)/t7-,8+,9?,10-,13+/m0/s1. The van der Waals surface area contributed by atoms with Crippen LogP contribution in [0.5, 0.6) is 0 Å². The zero-order chi connectivity index (χ0) is 12.9. The van der Waals surface area contributed by atoms with Gasteiger partial charge in [-0.15, -0.1) is 0 Å². The molecule has 0 aromatic rings. The summed E-state index contributed by atoms with van der Waals surface area (Å²) in [5.74, 6) is 1.92. The number of rotatable bonds is 5. The number of ether oxygens (including phenoxy) is 1. The van der Waals surface area contributed by atoms with Gasteiger partial charge < -0.3 is 15.2 Å². The predicted molar refractivity (Wildman–Crippen MR) is 63.3 cm³/mol. The van der Waals surface area contributed by atoms with Crippen molar-refractivity contribution >= 4 is 11.9 Å². The van der Waals surface area contributed by atoms with Gasteiger partial charge in [0.2, 0.25) is 0 Å². The highest BCUT2D eigenvalue weighted by Crippen LogP contribution is 2.59. The van der Waals surface area contributed by atoms with Crippen LogP contribution >= 0.6 is 0 Å². The average molecular weight is 253 g/mol. The molecule has 0 bridgehead atoms. The summed E-state index contributed by atoms with van der Waals surface area (Å²) in [4.78, 5) is 23.0. The van der Waals surface area contributed by atoms with Crippen molar-refractivity contribution in [3.8, 4) is 0 Å². The van der Waals surface area contributed by atoms with Crippen molar-refractivity contribution in [3.05, 3.63) is 0 Å². The first-order chi connectivity index (χ1) is 8.51. The first-order valence-corrected chi connectivity index (χ1v) is 6.69. The lowest BCUT2D eigenvalue weighted by atomic mass is 9.94. The molecule has 3 fully saturated rings. The van der Waals surface area contributed by atoms with Crippen molar-refractivity contribution in [1.29, 1.82) is 0 Å². The van der Waals surface area contributed by atoms with Crippen molar-refractivity contribution < 1.29 is 19.4 Å². The van der Waals surface area contributed by atoms with E-state index in [-0.39, 0.29) is 5.78 Å². The Labute approximate surface area is 106 Å². The summed E-state index contributed by atoms with van der Waals surface area (Å²) >= 11 is 0. The third kappa shape index (κ3) is 2.00. The molecular formula is C13H19NO4. The molecule has 1 unspecified atom stereocenters. The van der Waals surface area contributed by atoms with E-state index < -0.39 is 17.7 Å². The predicted octanol–water partition coefficient (Wildman–Crippen LogP) is 1.42. The SMILES string of the molecule is C[C@]1(C(=O)[C@H](CC2[C@H]3CCC[C@@H]23)NC(=O)O)CO1. The monoisotopic (exact) mass is 253 g/mol. The summed E-state index contributed by atoms with van der Waals surface area (Å²) in [5, 5.41) is 11.2. The number of carbonyl (C=O) groups is 2. The lowest BCUT2D eigenvalue weighted by Gasteiger charge is -2.18. The van der Waals surface area contributed by atoms with Crippen LogP contribution in [0.25, 0.3) is 0 Å². The molecule has 100 valence electrons. The Bertz CT molecular complexity index is 380. The number of Topliss-reactive ketones (excluding diaryl/α,β-unsaturated/α-hetero) is 1. The summed E-state index contributed by atoms with van der Waals surface area (Å²) < 4.78 is 5.13. The number of hydrogen-bond acceptors (Lipinski definition) is 3. The van der Waals surface area contributed by atoms with Gasteiger partial charge in [0.15, 0.2) is 5.78 Å². The number of nitrogens with one attached hydrogen (secondary N) is 1. The Morgan fingerprint density at radius 3 is 2.56 bits per heavy atom. The van der Waals surface area contributed by atoms with E-state index in [1.165, 1.54) is 19.3 Å². The fourth-order valence-electron chi connectivity index (χ4n) is 3.59. The molecule has 2 saturated carbocycles. The molecule has 0 spiro atoms. The summed E-state index contributed by atoms with van der Waals surface area (Å²) in [5.41, 5.74) is -0.739. The van der Waals surface area contributed by atoms with Crippen LogP contribution in [0.15, 0.2) is 0 Å². The molecule has 1 saturated heterocycles. The van der Waals surface area contributed by atoms with E-state index in [4.69, 9.17) is 9.84 Å². The zero-order valence-corrected chi connectivity index (χ0v) is 10.5. The van der Waals surface area contributed by atoms with E-state index in [0.29, 0.717) is 18.9 Å². The highest BCUT2D eigenvalue weighted by atomic mass is 16.6. The number of ketones is 1. The minimum absolute atomic E-state index is 0.102. The van der Waals surface area contributed by atoms with E-state index in [9.17, 15) is 9.59 Å². The van der Waals surface area contributed by atoms with Gasteiger partial charge in [0.1, 0.15) is 5.60 Å². The maximum Gasteiger partial charge on any atom is 0.405 e.